The van der Waals surface area contributed by atoms with Crippen LogP contribution in [0.3, 0.4) is 0 Å². The molecule has 3 heteroatoms. The van der Waals surface area contributed by atoms with Gasteiger partial charge in [0, 0.05) is 24.1 Å². The lowest BCUT2D eigenvalue weighted by atomic mass is 9.74. The van der Waals surface area contributed by atoms with E-state index < -0.39 is 0 Å². The molecule has 2 heterocycles. The minimum absolute atomic E-state index is 0.147. The summed E-state index contributed by atoms with van der Waals surface area (Å²) in [4.78, 5) is 4.42. The van der Waals surface area contributed by atoms with Crippen molar-refractivity contribution in [3.8, 4) is 5.82 Å². The Morgan fingerprint density at radius 3 is 2.89 bits per heavy atom. The molecule has 2 aromatic rings. The first-order valence-electron chi connectivity index (χ1n) is 6.44. The Balaban J connectivity index is 2.10. The van der Waals surface area contributed by atoms with Gasteiger partial charge in [-0.1, -0.05) is 19.9 Å². The molecule has 0 saturated carbocycles. The highest BCUT2D eigenvalue weighted by Crippen LogP contribution is 2.40. The maximum atomic E-state index is 6.28. The predicted octanol–water partition coefficient (Wildman–Crippen LogP) is 2.84. The van der Waals surface area contributed by atoms with Crippen LogP contribution in [0.4, 0.5) is 0 Å². The molecule has 0 radical (unpaired) electrons. The Morgan fingerprint density at radius 1 is 1.33 bits per heavy atom. The number of nitrogens with two attached hydrogens (primary N) is 1. The summed E-state index contributed by atoms with van der Waals surface area (Å²) in [5.41, 5.74) is 9.14. The number of rotatable bonds is 1. The van der Waals surface area contributed by atoms with Crippen molar-refractivity contribution in [2.24, 2.45) is 11.1 Å². The number of nitrogens with zero attached hydrogens (tertiary/aromatic N) is 2. The van der Waals surface area contributed by atoms with Gasteiger partial charge in [-0.25, -0.2) is 4.98 Å². The van der Waals surface area contributed by atoms with Gasteiger partial charge in [-0.05, 0) is 42.0 Å². The lowest BCUT2D eigenvalue weighted by molar-refractivity contribution is 0.278. The average Bonchev–Trinajstić information content (AvgIpc) is 2.72. The van der Waals surface area contributed by atoms with Crippen molar-refractivity contribution in [3.63, 3.8) is 0 Å². The minimum atomic E-state index is 0.147. The normalized spacial score (nSPS) is 21.6. The third-order valence-corrected chi connectivity index (χ3v) is 3.74. The Hall–Kier alpha value is -1.61. The first-order valence-corrected chi connectivity index (χ1v) is 6.44. The Bertz CT molecular complexity index is 554. The fourth-order valence-electron chi connectivity index (χ4n) is 2.95. The van der Waals surface area contributed by atoms with Crippen molar-refractivity contribution in [2.45, 2.75) is 32.7 Å². The Labute approximate surface area is 108 Å². The van der Waals surface area contributed by atoms with E-state index >= 15 is 0 Å². The molecule has 0 aromatic carbocycles. The number of pyridine rings is 1. The molecule has 18 heavy (non-hydrogen) atoms. The standard InChI is InChI=1S/C15H19N3/c1-15(2)9-12(16)11-6-8-18(13(11)10-15)14-5-3-4-7-17-14/h3-8,12H,9-10,16H2,1-2H3. The summed E-state index contributed by atoms with van der Waals surface area (Å²) in [5, 5.41) is 0. The van der Waals surface area contributed by atoms with E-state index in [0.29, 0.717) is 0 Å². The van der Waals surface area contributed by atoms with Crippen molar-refractivity contribution in [3.05, 3.63) is 47.9 Å². The van der Waals surface area contributed by atoms with Crippen molar-refractivity contribution < 1.29 is 0 Å². The smallest absolute Gasteiger partial charge is 0.136 e. The summed E-state index contributed by atoms with van der Waals surface area (Å²) >= 11 is 0. The van der Waals surface area contributed by atoms with Crippen molar-refractivity contribution in [2.75, 3.05) is 0 Å². The predicted molar refractivity (Wildman–Crippen MR) is 72.6 cm³/mol. The van der Waals surface area contributed by atoms with Crippen LogP contribution in [0.15, 0.2) is 36.7 Å². The molecule has 94 valence electrons. The molecule has 0 aliphatic heterocycles. The zero-order chi connectivity index (χ0) is 12.8. The van der Waals surface area contributed by atoms with Gasteiger partial charge in [0.2, 0.25) is 0 Å². The lowest BCUT2D eigenvalue weighted by Crippen LogP contribution is -2.30. The maximum absolute atomic E-state index is 6.28. The first kappa shape index (κ1) is 11.5. The molecular weight excluding hydrogens is 222 g/mol. The van der Waals surface area contributed by atoms with E-state index in [9.17, 15) is 0 Å². The monoisotopic (exact) mass is 241 g/mol. The van der Waals surface area contributed by atoms with E-state index in [1.54, 1.807) is 0 Å². The van der Waals surface area contributed by atoms with Gasteiger partial charge in [-0.3, -0.25) is 0 Å². The summed E-state index contributed by atoms with van der Waals surface area (Å²) in [6, 6.07) is 8.28. The SMILES string of the molecule is CC1(C)Cc2c(ccn2-c2ccccn2)C(N)C1. The molecule has 3 nitrogen and oxygen atoms in total. The van der Waals surface area contributed by atoms with Crippen LogP contribution in [0.2, 0.25) is 0 Å². The highest BCUT2D eigenvalue weighted by Gasteiger charge is 2.32. The molecule has 0 fully saturated rings. The molecule has 0 amide bonds. The van der Waals surface area contributed by atoms with Gasteiger partial charge in [0.1, 0.15) is 5.82 Å². The van der Waals surface area contributed by atoms with Gasteiger partial charge in [-0.2, -0.15) is 0 Å². The number of fused-ring (bicyclic) bond motifs is 1. The van der Waals surface area contributed by atoms with Crippen LogP contribution in [0.25, 0.3) is 5.82 Å². The van der Waals surface area contributed by atoms with E-state index in [-0.39, 0.29) is 11.5 Å². The fourth-order valence-corrected chi connectivity index (χ4v) is 2.95. The summed E-state index contributed by atoms with van der Waals surface area (Å²) in [7, 11) is 0. The van der Waals surface area contributed by atoms with Gasteiger partial charge in [0.15, 0.2) is 0 Å². The van der Waals surface area contributed by atoms with E-state index in [2.05, 4.69) is 35.7 Å². The summed E-state index contributed by atoms with van der Waals surface area (Å²) in [6.45, 7) is 4.57. The minimum Gasteiger partial charge on any atom is -0.324 e. The van der Waals surface area contributed by atoms with Crippen LogP contribution in [-0.2, 0) is 6.42 Å². The fraction of sp³-hybridized carbons (Fsp3) is 0.400. The molecule has 0 saturated heterocycles. The zero-order valence-corrected chi connectivity index (χ0v) is 10.9. The van der Waals surface area contributed by atoms with Gasteiger partial charge in [0.25, 0.3) is 0 Å². The molecule has 0 bridgehead atoms. The van der Waals surface area contributed by atoms with Crippen LogP contribution >= 0.6 is 0 Å². The van der Waals surface area contributed by atoms with Crippen molar-refractivity contribution in [1.82, 2.24) is 9.55 Å². The molecule has 2 N–H and O–H groups in total. The summed E-state index contributed by atoms with van der Waals surface area (Å²) in [6.07, 6.45) is 6.02. The van der Waals surface area contributed by atoms with E-state index in [0.717, 1.165) is 18.7 Å². The topological polar surface area (TPSA) is 43.8 Å². The van der Waals surface area contributed by atoms with Gasteiger partial charge >= 0.3 is 0 Å². The zero-order valence-electron chi connectivity index (χ0n) is 10.9. The molecule has 1 aliphatic carbocycles. The maximum Gasteiger partial charge on any atom is 0.136 e. The molecule has 2 aromatic heterocycles. The molecule has 0 spiro atoms. The number of hydrogen-bond acceptors (Lipinski definition) is 2. The van der Waals surface area contributed by atoms with Crippen LogP contribution in [0, 0.1) is 5.41 Å². The quantitative estimate of drug-likeness (QED) is 0.834. The summed E-state index contributed by atoms with van der Waals surface area (Å²) < 4.78 is 2.18. The average molecular weight is 241 g/mol. The van der Waals surface area contributed by atoms with Crippen molar-refractivity contribution in [1.29, 1.82) is 0 Å². The van der Waals surface area contributed by atoms with Gasteiger partial charge in [-0.15, -0.1) is 0 Å². The Kier molecular flexibility index (Phi) is 2.52. The second kappa shape index (κ2) is 3.95. The van der Waals surface area contributed by atoms with Crippen molar-refractivity contribution >= 4 is 0 Å². The molecule has 1 atom stereocenters. The van der Waals surface area contributed by atoms with E-state index in [1.165, 1.54) is 11.3 Å². The molecule has 3 rings (SSSR count). The summed E-state index contributed by atoms with van der Waals surface area (Å²) in [5.74, 6) is 0.976. The van der Waals surface area contributed by atoms with Crippen LogP contribution < -0.4 is 5.73 Å². The second-order valence-electron chi connectivity index (χ2n) is 5.93. The molecule has 1 aliphatic rings. The van der Waals surface area contributed by atoms with Crippen LogP contribution in [0.5, 0.6) is 0 Å². The second-order valence-corrected chi connectivity index (χ2v) is 5.93. The Morgan fingerprint density at radius 2 is 2.17 bits per heavy atom. The van der Waals surface area contributed by atoms with Gasteiger partial charge in [0.05, 0.1) is 0 Å². The highest BCUT2D eigenvalue weighted by molar-refractivity contribution is 5.37. The number of aromatic nitrogens is 2. The van der Waals surface area contributed by atoms with E-state index in [4.69, 9.17) is 5.73 Å². The first-order chi connectivity index (χ1) is 8.57. The highest BCUT2D eigenvalue weighted by atomic mass is 15.1. The van der Waals surface area contributed by atoms with E-state index in [1.807, 2.05) is 24.4 Å². The van der Waals surface area contributed by atoms with Crippen LogP contribution in [0.1, 0.15) is 37.6 Å². The van der Waals surface area contributed by atoms with Gasteiger partial charge < -0.3 is 10.3 Å². The molecular formula is C15H19N3. The van der Waals surface area contributed by atoms with Crippen LogP contribution in [-0.4, -0.2) is 9.55 Å². The third-order valence-electron chi connectivity index (χ3n) is 3.74. The lowest BCUT2D eigenvalue weighted by Gasteiger charge is -2.34. The number of hydrogen-bond donors (Lipinski definition) is 1. The third kappa shape index (κ3) is 1.85. The molecule has 1 unspecified atom stereocenters. The largest absolute Gasteiger partial charge is 0.324 e.